The van der Waals surface area contributed by atoms with Gasteiger partial charge in [0, 0.05) is 27.0 Å². The summed E-state index contributed by atoms with van der Waals surface area (Å²) in [5.74, 6) is 2.12. The van der Waals surface area contributed by atoms with E-state index in [0.717, 1.165) is 11.6 Å². The molecule has 4 nitrogen and oxygen atoms in total. The number of halogens is 1. The lowest BCUT2D eigenvalue weighted by Crippen LogP contribution is -1.94. The minimum absolute atomic E-state index is 0.176. The van der Waals surface area contributed by atoms with E-state index >= 15 is 0 Å². The van der Waals surface area contributed by atoms with Crippen molar-refractivity contribution in [2.45, 2.75) is 19.8 Å². The fourth-order valence-corrected chi connectivity index (χ4v) is 2.07. The van der Waals surface area contributed by atoms with Crippen LogP contribution in [0.15, 0.2) is 7.34 Å². The van der Waals surface area contributed by atoms with E-state index in [2.05, 4.69) is 31.3 Å². The van der Waals surface area contributed by atoms with Gasteiger partial charge in [-0.25, -0.2) is 4.98 Å². The summed E-state index contributed by atoms with van der Waals surface area (Å²) in [6, 6.07) is 0. The van der Waals surface area contributed by atoms with Crippen LogP contribution in [-0.2, 0) is 0 Å². The first kappa shape index (κ1) is 8.03. The Kier molecular flexibility index (Phi) is 2.03. The van der Waals surface area contributed by atoms with Gasteiger partial charge in [0.25, 0.3) is 0 Å². The lowest BCUT2D eigenvalue weighted by atomic mass is 10.2. The molecule has 5 heteroatoms. The zero-order valence-corrected chi connectivity index (χ0v) is 9.06. The molecule has 64 valence electrons. The summed E-state index contributed by atoms with van der Waals surface area (Å²) in [4.78, 5) is 5.99. The molecular formula is C7H9IN4. The third-order valence-electron chi connectivity index (χ3n) is 1.53. The number of rotatable bonds is 1. The highest BCUT2D eigenvalue weighted by atomic mass is 127. The van der Waals surface area contributed by atoms with Gasteiger partial charge in [-0.15, -0.1) is 13.1 Å². The smallest absolute Gasteiger partial charge is 0.177 e. The molecule has 0 atom stereocenters. The number of hydrogen-bond acceptors (Lipinski definition) is 3. The fraction of sp³-hybridized carbons (Fsp3) is 0.429. The van der Waals surface area contributed by atoms with Crippen molar-refractivity contribution < 1.29 is 0 Å². The zero-order valence-electron chi connectivity index (χ0n) is 6.90. The van der Waals surface area contributed by atoms with Crippen molar-refractivity contribution in [2.75, 3.05) is 0 Å². The monoisotopic (exact) mass is 276 g/mol. The molecule has 1 aromatic heterocycles. The fourth-order valence-electron chi connectivity index (χ4n) is 0.888. The third kappa shape index (κ3) is 1.33. The molecule has 1 aliphatic heterocycles. The molecule has 0 saturated heterocycles. The molecule has 0 N–H and O–H groups in total. The van der Waals surface area contributed by atoms with Crippen LogP contribution in [0.5, 0.6) is 0 Å². The van der Waals surface area contributed by atoms with E-state index in [-0.39, 0.29) is 21.0 Å². The molecule has 0 bridgehead atoms. The average Bonchev–Trinajstić information content (AvgIpc) is 2.46. The summed E-state index contributed by atoms with van der Waals surface area (Å²) in [7, 11) is 0. The van der Waals surface area contributed by atoms with E-state index in [4.69, 9.17) is 0 Å². The normalized spacial score (nSPS) is 14.6. The van der Waals surface area contributed by atoms with Gasteiger partial charge in [0.1, 0.15) is 0 Å². The molecule has 1 aromatic rings. The summed E-state index contributed by atoms with van der Waals surface area (Å²) in [6.45, 7) is 4.17. The molecule has 0 aliphatic carbocycles. The van der Waals surface area contributed by atoms with Crippen molar-refractivity contribution in [3.8, 4) is 0 Å². The number of aromatic nitrogens is 3. The molecule has 1 aliphatic rings. The number of fused-ring (bicyclic) bond motifs is 1. The van der Waals surface area contributed by atoms with E-state index in [1.165, 1.54) is 0 Å². The van der Waals surface area contributed by atoms with Crippen LogP contribution in [0.2, 0.25) is 0 Å². The summed E-state index contributed by atoms with van der Waals surface area (Å²) in [5, 5.41) is 4.27. The van der Waals surface area contributed by atoms with Crippen molar-refractivity contribution in [1.29, 1.82) is 0 Å². The maximum atomic E-state index is 4.34. The highest BCUT2D eigenvalue weighted by Gasteiger charge is 2.10. The van der Waals surface area contributed by atoms with Crippen LogP contribution in [0, 0.1) is 0 Å². The first-order valence-corrected chi connectivity index (χ1v) is 5.96. The number of nitrogens with zero attached hydrogens (tertiary/aromatic N) is 4. The first-order valence-electron chi connectivity index (χ1n) is 3.75. The second-order valence-corrected chi connectivity index (χ2v) is 4.55. The molecule has 12 heavy (non-hydrogen) atoms. The zero-order chi connectivity index (χ0) is 8.55. The van der Waals surface area contributed by atoms with Crippen molar-refractivity contribution >= 4 is 27.1 Å². The van der Waals surface area contributed by atoms with Crippen LogP contribution in [0.4, 0.5) is 0 Å². The van der Waals surface area contributed by atoms with Crippen molar-refractivity contribution in [1.82, 2.24) is 14.9 Å². The van der Waals surface area contributed by atoms with Gasteiger partial charge in [0.05, 0.1) is 0 Å². The Labute approximate surface area is 80.8 Å². The minimum atomic E-state index is -0.176. The quantitative estimate of drug-likeness (QED) is 0.739. The molecule has 0 fully saturated rings. The van der Waals surface area contributed by atoms with Crippen molar-refractivity contribution in [2.24, 2.45) is 3.25 Å². The van der Waals surface area contributed by atoms with E-state index in [9.17, 15) is 0 Å². The van der Waals surface area contributed by atoms with Gasteiger partial charge in [0.15, 0.2) is 11.6 Å². The minimum Gasteiger partial charge on any atom is -0.210 e. The SMILES string of the molecule is CC(C)c1nc2n(n1)N=IC=C2. The highest BCUT2D eigenvalue weighted by Crippen LogP contribution is 2.18. The lowest BCUT2D eigenvalue weighted by molar-refractivity contribution is 0.703. The Balaban J connectivity index is 2.47. The average molecular weight is 276 g/mol. The Bertz CT molecular complexity index is 321. The number of hydrogen-bond donors (Lipinski definition) is 0. The van der Waals surface area contributed by atoms with Gasteiger partial charge in [-0.1, -0.05) is 13.8 Å². The van der Waals surface area contributed by atoms with Crippen LogP contribution < -0.4 is 0 Å². The van der Waals surface area contributed by atoms with Gasteiger partial charge < -0.3 is 0 Å². The standard InChI is InChI=1S/C7H9IN4/c1-5(2)7-9-6-3-4-8-11-12(6)10-7/h3-5H,1-2H3. The molecule has 2 heterocycles. The maximum Gasteiger partial charge on any atom is 0.177 e. The highest BCUT2D eigenvalue weighted by molar-refractivity contribution is 14.2. The second kappa shape index (κ2) is 3.04. The van der Waals surface area contributed by atoms with Crippen molar-refractivity contribution in [3.05, 3.63) is 15.7 Å². The molecule has 0 saturated carbocycles. The molecule has 0 aromatic carbocycles. The maximum absolute atomic E-state index is 4.34. The molecule has 2 rings (SSSR count). The van der Waals surface area contributed by atoms with E-state index in [1.807, 2.05) is 6.08 Å². The van der Waals surface area contributed by atoms with Crippen LogP contribution in [-0.4, -0.2) is 14.9 Å². The van der Waals surface area contributed by atoms with Gasteiger partial charge in [-0.05, 0) is 10.2 Å². The first-order chi connectivity index (χ1) is 5.77. The Morgan fingerprint density at radius 1 is 1.50 bits per heavy atom. The van der Waals surface area contributed by atoms with Gasteiger partial charge in [-0.2, -0.15) is 0 Å². The van der Waals surface area contributed by atoms with Gasteiger partial charge in [-0.3, -0.25) is 0 Å². The van der Waals surface area contributed by atoms with Crippen LogP contribution in [0.3, 0.4) is 0 Å². The Hall–Kier alpha value is -0.590. The summed E-state index contributed by atoms with van der Waals surface area (Å²) in [5.41, 5.74) is 0. The summed E-state index contributed by atoms with van der Waals surface area (Å²) in [6.07, 6.45) is 2.00. The Morgan fingerprint density at radius 2 is 2.33 bits per heavy atom. The Morgan fingerprint density at radius 3 is 3.00 bits per heavy atom. The lowest BCUT2D eigenvalue weighted by Gasteiger charge is -1.94. The van der Waals surface area contributed by atoms with E-state index < -0.39 is 0 Å². The van der Waals surface area contributed by atoms with Crippen LogP contribution >= 0.6 is 21.0 Å². The molecular weight excluding hydrogens is 267 g/mol. The van der Waals surface area contributed by atoms with Gasteiger partial charge >= 0.3 is 0 Å². The van der Waals surface area contributed by atoms with Crippen LogP contribution in [0.1, 0.15) is 31.4 Å². The predicted molar refractivity (Wildman–Crippen MR) is 55.0 cm³/mol. The van der Waals surface area contributed by atoms with Crippen molar-refractivity contribution in [3.63, 3.8) is 0 Å². The molecule has 0 amide bonds. The van der Waals surface area contributed by atoms with Crippen LogP contribution in [0.25, 0.3) is 6.08 Å². The van der Waals surface area contributed by atoms with Gasteiger partial charge in [0.2, 0.25) is 0 Å². The third-order valence-corrected chi connectivity index (χ3v) is 2.87. The molecule has 0 radical (unpaired) electrons. The second-order valence-electron chi connectivity index (χ2n) is 2.84. The van der Waals surface area contributed by atoms with E-state index in [0.29, 0.717) is 5.92 Å². The molecule has 0 unspecified atom stereocenters. The predicted octanol–water partition coefficient (Wildman–Crippen LogP) is 2.30. The molecule has 0 spiro atoms. The van der Waals surface area contributed by atoms with E-state index in [1.54, 1.807) is 4.79 Å². The summed E-state index contributed by atoms with van der Waals surface area (Å²) >= 11 is -0.176. The summed E-state index contributed by atoms with van der Waals surface area (Å²) < 4.78 is 6.35. The topological polar surface area (TPSA) is 43.1 Å². The largest absolute Gasteiger partial charge is 0.210 e.